The molecule has 41 heavy (non-hydrogen) atoms. The van der Waals surface area contributed by atoms with Crippen LogP contribution in [0.2, 0.25) is 0 Å². The molecule has 1 rings (SSSR count). The first kappa shape index (κ1) is 36.8. The highest BCUT2D eigenvalue weighted by atomic mass is 19.2. The van der Waals surface area contributed by atoms with Gasteiger partial charge in [-0.15, -0.1) is 0 Å². The van der Waals surface area contributed by atoms with Crippen molar-refractivity contribution in [2.45, 2.75) is 143 Å². The summed E-state index contributed by atoms with van der Waals surface area (Å²) in [6.07, 6.45) is 19.3. The molecule has 0 unspecified atom stereocenters. The summed E-state index contributed by atoms with van der Waals surface area (Å²) in [6.45, 7) is 4.25. The topological polar surface area (TPSA) is 52.6 Å². The minimum atomic E-state index is -2.30. The summed E-state index contributed by atoms with van der Waals surface area (Å²) in [5.74, 6) is -12.7. The van der Waals surface area contributed by atoms with Gasteiger partial charge in [-0.3, -0.25) is 9.59 Å². The van der Waals surface area contributed by atoms with Crippen LogP contribution in [0.1, 0.15) is 142 Å². The molecule has 0 atom stereocenters. The van der Waals surface area contributed by atoms with E-state index in [1.54, 1.807) is 13.8 Å². The van der Waals surface area contributed by atoms with Gasteiger partial charge in [-0.2, -0.15) is 0 Å². The highest BCUT2D eigenvalue weighted by Crippen LogP contribution is 2.32. The van der Waals surface area contributed by atoms with Crippen LogP contribution in [0.15, 0.2) is 0 Å². The van der Waals surface area contributed by atoms with Gasteiger partial charge in [0.2, 0.25) is 5.82 Å². The van der Waals surface area contributed by atoms with Gasteiger partial charge in [0.15, 0.2) is 28.7 Å². The summed E-state index contributed by atoms with van der Waals surface area (Å²) >= 11 is 0. The van der Waals surface area contributed by atoms with E-state index in [0.29, 0.717) is 6.42 Å². The smallest absolute Gasteiger partial charge is 0.323 e. The second-order valence-corrected chi connectivity index (χ2v) is 10.9. The van der Waals surface area contributed by atoms with Crippen LogP contribution in [0.4, 0.5) is 22.0 Å². The number of ether oxygens (including phenoxy) is 2. The van der Waals surface area contributed by atoms with Gasteiger partial charge in [0.25, 0.3) is 0 Å². The normalized spacial score (nSPS) is 11.6. The lowest BCUT2D eigenvalue weighted by Crippen LogP contribution is -2.41. The van der Waals surface area contributed by atoms with E-state index in [1.807, 2.05) is 0 Å². The molecule has 0 fully saturated rings. The highest BCUT2D eigenvalue weighted by molar-refractivity contribution is 6.00. The molecular formula is C32H49F5O4. The van der Waals surface area contributed by atoms with Crippen LogP contribution in [-0.4, -0.2) is 18.5 Å². The lowest BCUT2D eigenvalue weighted by molar-refractivity contribution is -0.174. The third kappa shape index (κ3) is 11.9. The van der Waals surface area contributed by atoms with Crippen LogP contribution >= 0.6 is 0 Å². The van der Waals surface area contributed by atoms with Crippen molar-refractivity contribution < 1.29 is 41.0 Å². The number of carbonyl (C=O) groups excluding carboxylic acids is 2. The average molecular weight is 593 g/mol. The van der Waals surface area contributed by atoms with E-state index in [2.05, 4.69) is 6.92 Å². The van der Waals surface area contributed by atoms with Crippen molar-refractivity contribution in [2.24, 2.45) is 5.41 Å². The molecule has 0 amide bonds. The van der Waals surface area contributed by atoms with Crippen molar-refractivity contribution in [1.29, 1.82) is 0 Å². The van der Waals surface area contributed by atoms with Crippen LogP contribution in [0, 0.1) is 34.5 Å². The minimum Gasteiger partial charge on any atom is -0.465 e. The summed E-state index contributed by atoms with van der Waals surface area (Å²) in [5, 5.41) is 0. The standard InChI is InChI=1S/C32H49F5O4/c1-4-7-8-9-10-11-12-13-14-15-16-17-18-19-20-21-22-40-30(38)32(5-2,6-3)31(39)41-23-24-25(33)27(35)29(37)28(36)26(24)34/h4-23H2,1-3H3. The van der Waals surface area contributed by atoms with Gasteiger partial charge in [-0.1, -0.05) is 117 Å². The molecule has 0 spiro atoms. The van der Waals surface area contributed by atoms with Gasteiger partial charge in [0.1, 0.15) is 6.61 Å². The van der Waals surface area contributed by atoms with Crippen LogP contribution < -0.4 is 0 Å². The van der Waals surface area contributed by atoms with Gasteiger partial charge in [0.05, 0.1) is 12.2 Å². The molecular weight excluding hydrogens is 543 g/mol. The fourth-order valence-corrected chi connectivity index (χ4v) is 4.92. The van der Waals surface area contributed by atoms with Crippen molar-refractivity contribution in [1.82, 2.24) is 0 Å². The van der Waals surface area contributed by atoms with Crippen molar-refractivity contribution in [3.63, 3.8) is 0 Å². The average Bonchev–Trinajstić information content (AvgIpc) is 2.97. The van der Waals surface area contributed by atoms with E-state index in [4.69, 9.17) is 9.47 Å². The Labute approximate surface area is 242 Å². The molecule has 0 radical (unpaired) electrons. The van der Waals surface area contributed by atoms with E-state index in [-0.39, 0.29) is 19.4 Å². The molecule has 4 nitrogen and oxygen atoms in total. The fourth-order valence-electron chi connectivity index (χ4n) is 4.92. The summed E-state index contributed by atoms with van der Waals surface area (Å²) in [7, 11) is 0. The van der Waals surface area contributed by atoms with Gasteiger partial charge in [0, 0.05) is 0 Å². The Morgan fingerprint density at radius 1 is 0.512 bits per heavy atom. The Bertz CT molecular complexity index is 889. The molecule has 0 aliphatic heterocycles. The first-order valence-corrected chi connectivity index (χ1v) is 15.5. The maximum atomic E-state index is 13.9. The highest BCUT2D eigenvalue weighted by Gasteiger charge is 2.46. The maximum Gasteiger partial charge on any atom is 0.323 e. The van der Waals surface area contributed by atoms with Gasteiger partial charge in [-0.05, 0) is 19.3 Å². The molecule has 0 heterocycles. The lowest BCUT2D eigenvalue weighted by Gasteiger charge is -2.27. The third-order valence-electron chi connectivity index (χ3n) is 7.87. The molecule has 0 N–H and O–H groups in total. The summed E-state index contributed by atoms with van der Waals surface area (Å²) in [5.41, 5.74) is -3.02. The minimum absolute atomic E-state index is 0.0166. The van der Waals surface area contributed by atoms with Crippen LogP contribution in [0.25, 0.3) is 0 Å². The Kier molecular flexibility index (Phi) is 18.6. The summed E-state index contributed by atoms with van der Waals surface area (Å²) in [6, 6.07) is 0. The predicted molar refractivity (Wildman–Crippen MR) is 150 cm³/mol. The molecule has 9 heteroatoms. The number of rotatable bonds is 23. The number of esters is 2. The van der Waals surface area contributed by atoms with E-state index >= 15 is 0 Å². The quantitative estimate of drug-likeness (QED) is 0.0317. The number of hydrogen-bond acceptors (Lipinski definition) is 4. The monoisotopic (exact) mass is 592 g/mol. The zero-order chi connectivity index (χ0) is 30.7. The molecule has 236 valence electrons. The largest absolute Gasteiger partial charge is 0.465 e. The Balaban J connectivity index is 2.29. The van der Waals surface area contributed by atoms with Gasteiger partial charge < -0.3 is 9.47 Å². The van der Waals surface area contributed by atoms with Gasteiger partial charge in [-0.25, -0.2) is 22.0 Å². The third-order valence-corrected chi connectivity index (χ3v) is 7.87. The Morgan fingerprint density at radius 2 is 0.854 bits per heavy atom. The van der Waals surface area contributed by atoms with Crippen molar-refractivity contribution >= 4 is 11.9 Å². The molecule has 0 saturated carbocycles. The lowest BCUT2D eigenvalue weighted by atomic mass is 9.82. The number of benzene rings is 1. The fraction of sp³-hybridized carbons (Fsp3) is 0.750. The predicted octanol–water partition coefficient (Wildman–Crippen LogP) is 10.0. The number of unbranched alkanes of at least 4 members (excludes halogenated alkanes) is 15. The number of halogens is 5. The van der Waals surface area contributed by atoms with E-state index < -0.39 is 58.6 Å². The molecule has 1 aromatic carbocycles. The van der Waals surface area contributed by atoms with Crippen LogP contribution in [0.5, 0.6) is 0 Å². The maximum absolute atomic E-state index is 13.9. The van der Waals surface area contributed by atoms with Crippen LogP contribution in [0.3, 0.4) is 0 Å². The van der Waals surface area contributed by atoms with Crippen LogP contribution in [-0.2, 0) is 25.7 Å². The zero-order valence-corrected chi connectivity index (χ0v) is 25.2. The van der Waals surface area contributed by atoms with Crippen molar-refractivity contribution in [3.05, 3.63) is 34.6 Å². The van der Waals surface area contributed by atoms with E-state index in [1.165, 1.54) is 77.0 Å². The molecule has 0 saturated heterocycles. The van der Waals surface area contributed by atoms with E-state index in [9.17, 15) is 31.5 Å². The molecule has 0 aromatic heterocycles. The Hall–Kier alpha value is -2.19. The number of hydrogen-bond donors (Lipinski definition) is 0. The summed E-state index contributed by atoms with van der Waals surface area (Å²) in [4.78, 5) is 25.5. The molecule has 0 bridgehead atoms. The van der Waals surface area contributed by atoms with E-state index in [0.717, 1.165) is 19.3 Å². The summed E-state index contributed by atoms with van der Waals surface area (Å²) < 4.78 is 78.2. The number of carbonyl (C=O) groups is 2. The molecule has 0 aliphatic carbocycles. The SMILES string of the molecule is CCCCCCCCCCCCCCCCCCOC(=O)C(CC)(CC)C(=O)OCc1c(F)c(F)c(F)c(F)c1F. The zero-order valence-electron chi connectivity index (χ0n) is 25.2. The second kappa shape index (κ2) is 20.6. The second-order valence-electron chi connectivity index (χ2n) is 10.9. The van der Waals surface area contributed by atoms with Crippen molar-refractivity contribution in [3.8, 4) is 0 Å². The first-order valence-electron chi connectivity index (χ1n) is 15.5. The first-order chi connectivity index (χ1) is 19.7. The van der Waals surface area contributed by atoms with Gasteiger partial charge >= 0.3 is 11.9 Å². The van der Waals surface area contributed by atoms with Crippen molar-refractivity contribution in [2.75, 3.05) is 6.61 Å². The Morgan fingerprint density at radius 3 is 1.24 bits per heavy atom. The molecule has 1 aromatic rings. The molecule has 0 aliphatic rings.